The Morgan fingerprint density at radius 3 is 2.16 bits per heavy atom. The quantitative estimate of drug-likeness (QED) is 0.753. The lowest BCUT2D eigenvalue weighted by Crippen LogP contribution is -1.96. The maximum atomic E-state index is 14.2. The fourth-order valence-electron chi connectivity index (χ4n) is 2.64. The van der Waals surface area contributed by atoms with Crippen molar-refractivity contribution in [2.75, 3.05) is 6.26 Å². The molecule has 0 heterocycles. The van der Waals surface area contributed by atoms with Gasteiger partial charge in [-0.05, 0) is 41.5 Å². The fourth-order valence-corrected chi connectivity index (χ4v) is 3.27. The van der Waals surface area contributed by atoms with E-state index in [1.54, 1.807) is 24.3 Å². The highest BCUT2D eigenvalue weighted by Gasteiger charge is 2.16. The van der Waals surface area contributed by atoms with E-state index in [2.05, 4.69) is 0 Å². The van der Waals surface area contributed by atoms with Crippen molar-refractivity contribution in [3.8, 4) is 28.0 Å². The molecule has 0 unspecified atom stereocenters. The van der Waals surface area contributed by atoms with Crippen LogP contribution in [0.15, 0.2) is 65.6 Å². The molecule has 0 aliphatic rings. The number of benzene rings is 3. The molecule has 0 amide bonds. The Balaban J connectivity index is 2.20. The third-order valence-corrected chi connectivity index (χ3v) is 4.96. The number of hydrogen-bond donors (Lipinski definition) is 1. The van der Waals surface area contributed by atoms with Gasteiger partial charge in [0.2, 0.25) is 0 Å². The Morgan fingerprint density at radius 1 is 0.880 bits per heavy atom. The topological polar surface area (TPSA) is 54.4 Å². The Hall–Kier alpha value is -2.73. The van der Waals surface area contributed by atoms with Crippen LogP contribution in [0.25, 0.3) is 22.3 Å². The van der Waals surface area contributed by atoms with Crippen LogP contribution in [0.3, 0.4) is 0 Å². The van der Waals surface area contributed by atoms with Gasteiger partial charge in [-0.25, -0.2) is 17.2 Å². The van der Waals surface area contributed by atoms with Crippen molar-refractivity contribution < 1.29 is 22.3 Å². The van der Waals surface area contributed by atoms with Crippen LogP contribution >= 0.6 is 0 Å². The molecule has 128 valence electrons. The predicted octanol–water partition coefficient (Wildman–Crippen LogP) is 4.41. The molecule has 3 aromatic rings. The summed E-state index contributed by atoms with van der Waals surface area (Å²) < 4.78 is 50.5. The van der Waals surface area contributed by atoms with E-state index >= 15 is 0 Å². The number of sulfone groups is 1. The van der Waals surface area contributed by atoms with E-state index in [0.717, 1.165) is 18.4 Å². The van der Waals surface area contributed by atoms with Gasteiger partial charge in [-0.1, -0.05) is 24.3 Å². The van der Waals surface area contributed by atoms with Crippen molar-refractivity contribution in [2.45, 2.75) is 4.90 Å². The number of rotatable bonds is 3. The van der Waals surface area contributed by atoms with Gasteiger partial charge in [-0.15, -0.1) is 0 Å². The number of phenols is 1. The van der Waals surface area contributed by atoms with Crippen molar-refractivity contribution >= 4 is 9.84 Å². The first-order valence-electron chi connectivity index (χ1n) is 7.35. The highest BCUT2D eigenvalue weighted by atomic mass is 32.2. The second-order valence-electron chi connectivity index (χ2n) is 5.62. The molecule has 3 rings (SSSR count). The molecule has 25 heavy (non-hydrogen) atoms. The van der Waals surface area contributed by atoms with Gasteiger partial charge in [-0.2, -0.15) is 0 Å². The standard InChI is InChI=1S/C19H14F2O3S/c1-25(23,24)14-8-5-12(6-9-14)15-3-2-4-18(22)19(15)16-10-7-13(20)11-17(16)21/h2-11,22H,1H3. The van der Waals surface area contributed by atoms with E-state index in [4.69, 9.17) is 0 Å². The molecular formula is C19H14F2O3S. The Kier molecular flexibility index (Phi) is 4.30. The molecular weight excluding hydrogens is 346 g/mol. The summed E-state index contributed by atoms with van der Waals surface area (Å²) in [6, 6.07) is 13.8. The number of hydrogen-bond acceptors (Lipinski definition) is 3. The lowest BCUT2D eigenvalue weighted by molar-refractivity contribution is 0.477. The summed E-state index contributed by atoms with van der Waals surface area (Å²) in [5, 5.41) is 10.2. The van der Waals surface area contributed by atoms with Gasteiger partial charge < -0.3 is 5.11 Å². The molecule has 3 nitrogen and oxygen atoms in total. The molecule has 3 aromatic carbocycles. The minimum atomic E-state index is -3.33. The van der Waals surface area contributed by atoms with E-state index in [1.807, 2.05) is 0 Å². The average molecular weight is 360 g/mol. The van der Waals surface area contributed by atoms with Crippen LogP contribution in [0.4, 0.5) is 8.78 Å². The second-order valence-corrected chi connectivity index (χ2v) is 7.64. The Labute approximate surface area is 144 Å². The second kappa shape index (κ2) is 6.29. The third kappa shape index (κ3) is 3.39. The minimum absolute atomic E-state index is 0.0571. The summed E-state index contributed by atoms with van der Waals surface area (Å²) in [6.45, 7) is 0. The first-order valence-corrected chi connectivity index (χ1v) is 9.24. The average Bonchev–Trinajstić information content (AvgIpc) is 2.55. The van der Waals surface area contributed by atoms with E-state index in [9.17, 15) is 22.3 Å². The molecule has 0 spiro atoms. The van der Waals surface area contributed by atoms with Crippen LogP contribution in [-0.2, 0) is 9.84 Å². The number of phenolic OH excluding ortho intramolecular Hbond substituents is 1. The molecule has 0 aliphatic heterocycles. The molecule has 1 N–H and O–H groups in total. The lowest BCUT2D eigenvalue weighted by Gasteiger charge is -2.13. The SMILES string of the molecule is CS(=O)(=O)c1ccc(-c2cccc(O)c2-c2ccc(F)cc2F)cc1. The highest BCUT2D eigenvalue weighted by molar-refractivity contribution is 7.90. The monoisotopic (exact) mass is 360 g/mol. The summed E-state index contributed by atoms with van der Waals surface area (Å²) in [4.78, 5) is 0.158. The zero-order chi connectivity index (χ0) is 18.2. The van der Waals surface area contributed by atoms with Gasteiger partial charge in [0.1, 0.15) is 17.4 Å². The lowest BCUT2D eigenvalue weighted by atomic mass is 9.93. The summed E-state index contributed by atoms with van der Waals surface area (Å²) in [5.74, 6) is -1.67. The number of halogens is 2. The zero-order valence-corrected chi connectivity index (χ0v) is 14.0. The molecule has 0 saturated heterocycles. The van der Waals surface area contributed by atoms with Crippen LogP contribution in [0.5, 0.6) is 5.75 Å². The normalized spacial score (nSPS) is 11.5. The minimum Gasteiger partial charge on any atom is -0.507 e. The molecule has 0 aromatic heterocycles. The Bertz CT molecular complexity index is 1040. The van der Waals surface area contributed by atoms with E-state index in [-0.39, 0.29) is 21.8 Å². The summed E-state index contributed by atoms with van der Waals surface area (Å²) in [6.07, 6.45) is 1.11. The van der Waals surface area contributed by atoms with Crippen LogP contribution in [0.1, 0.15) is 0 Å². The first kappa shape index (κ1) is 17.1. The highest BCUT2D eigenvalue weighted by Crippen LogP contribution is 2.40. The largest absolute Gasteiger partial charge is 0.507 e. The van der Waals surface area contributed by atoms with Gasteiger partial charge in [0.15, 0.2) is 9.84 Å². The molecule has 0 saturated carbocycles. The van der Waals surface area contributed by atoms with Crippen molar-refractivity contribution in [3.05, 3.63) is 72.3 Å². The molecule has 6 heteroatoms. The Morgan fingerprint density at radius 2 is 1.56 bits per heavy atom. The van der Waals surface area contributed by atoms with Crippen LogP contribution in [0.2, 0.25) is 0 Å². The maximum absolute atomic E-state index is 14.2. The van der Waals surface area contributed by atoms with Gasteiger partial charge in [0, 0.05) is 23.4 Å². The third-order valence-electron chi connectivity index (χ3n) is 3.84. The van der Waals surface area contributed by atoms with Gasteiger partial charge >= 0.3 is 0 Å². The molecule has 0 bridgehead atoms. The summed E-state index contributed by atoms with van der Waals surface area (Å²) in [7, 11) is -3.33. The first-order chi connectivity index (χ1) is 11.8. The predicted molar refractivity (Wildman–Crippen MR) is 92.0 cm³/mol. The van der Waals surface area contributed by atoms with Crippen molar-refractivity contribution in [2.24, 2.45) is 0 Å². The van der Waals surface area contributed by atoms with E-state index < -0.39 is 21.5 Å². The van der Waals surface area contributed by atoms with Crippen LogP contribution in [-0.4, -0.2) is 19.8 Å². The maximum Gasteiger partial charge on any atom is 0.175 e. The zero-order valence-electron chi connectivity index (χ0n) is 13.2. The van der Waals surface area contributed by atoms with Crippen molar-refractivity contribution in [3.63, 3.8) is 0 Å². The molecule has 0 fully saturated rings. The number of aromatic hydroxyl groups is 1. The van der Waals surface area contributed by atoms with Crippen LogP contribution < -0.4 is 0 Å². The van der Waals surface area contributed by atoms with Gasteiger partial charge in [-0.3, -0.25) is 0 Å². The fraction of sp³-hybridized carbons (Fsp3) is 0.0526. The smallest absolute Gasteiger partial charge is 0.175 e. The summed E-state index contributed by atoms with van der Waals surface area (Å²) >= 11 is 0. The summed E-state index contributed by atoms with van der Waals surface area (Å²) in [5.41, 5.74) is 1.38. The molecule has 0 radical (unpaired) electrons. The molecule has 0 atom stereocenters. The van der Waals surface area contributed by atoms with Gasteiger partial charge in [0.05, 0.1) is 4.90 Å². The van der Waals surface area contributed by atoms with E-state index in [0.29, 0.717) is 11.1 Å². The van der Waals surface area contributed by atoms with Gasteiger partial charge in [0.25, 0.3) is 0 Å². The van der Waals surface area contributed by atoms with Crippen molar-refractivity contribution in [1.82, 2.24) is 0 Å². The van der Waals surface area contributed by atoms with Crippen molar-refractivity contribution in [1.29, 1.82) is 0 Å². The van der Waals surface area contributed by atoms with Crippen LogP contribution in [0, 0.1) is 11.6 Å². The van der Waals surface area contributed by atoms with E-state index in [1.165, 1.54) is 24.3 Å². The molecule has 0 aliphatic carbocycles.